The number of carboxylic acids is 1. The second-order valence-corrected chi connectivity index (χ2v) is 7.21. The zero-order valence-electron chi connectivity index (χ0n) is 16.1. The molecule has 11 heteroatoms. The van der Waals surface area contributed by atoms with Crippen molar-refractivity contribution >= 4 is 29.6 Å². The standard InChI is InChI=1S/C17H29N5O6/c1-9(2)6-11(16(26)22-5-3-4-12(22)17(27)28)21-15(25)10(7-13(19)23)20-14(24)8-18/h9-12H,3-8,18H2,1-2H3,(H2,19,23)(H,20,24)(H,21,25)(H,27,28). The van der Waals surface area contributed by atoms with Gasteiger partial charge in [0.05, 0.1) is 13.0 Å². The fraction of sp³-hybridized carbons (Fsp3) is 0.706. The van der Waals surface area contributed by atoms with E-state index in [9.17, 15) is 29.1 Å². The molecule has 0 aliphatic carbocycles. The van der Waals surface area contributed by atoms with Gasteiger partial charge in [-0.1, -0.05) is 13.8 Å². The Kier molecular flexibility index (Phi) is 8.83. The van der Waals surface area contributed by atoms with Gasteiger partial charge in [-0.25, -0.2) is 4.79 Å². The second kappa shape index (κ2) is 10.6. The van der Waals surface area contributed by atoms with Crippen LogP contribution in [0.25, 0.3) is 0 Å². The lowest BCUT2D eigenvalue weighted by atomic mass is 10.0. The van der Waals surface area contributed by atoms with E-state index in [4.69, 9.17) is 11.5 Å². The highest BCUT2D eigenvalue weighted by atomic mass is 16.4. The molecule has 1 aliphatic rings. The maximum atomic E-state index is 12.9. The van der Waals surface area contributed by atoms with Gasteiger partial charge in [0.1, 0.15) is 18.1 Å². The first-order chi connectivity index (χ1) is 13.1. The maximum absolute atomic E-state index is 12.9. The molecule has 7 N–H and O–H groups in total. The SMILES string of the molecule is CC(C)CC(NC(=O)C(CC(N)=O)NC(=O)CN)C(=O)N1CCCC1C(=O)O. The Balaban J connectivity index is 2.97. The highest BCUT2D eigenvalue weighted by Gasteiger charge is 2.38. The van der Waals surface area contributed by atoms with Gasteiger partial charge in [-0.05, 0) is 25.2 Å². The molecule has 0 radical (unpaired) electrons. The quantitative estimate of drug-likeness (QED) is 0.279. The predicted molar refractivity (Wildman–Crippen MR) is 98.6 cm³/mol. The van der Waals surface area contributed by atoms with Crippen molar-refractivity contribution in [3.63, 3.8) is 0 Å². The molecule has 1 heterocycles. The number of hydrogen-bond acceptors (Lipinski definition) is 6. The van der Waals surface area contributed by atoms with Crippen molar-refractivity contribution in [2.45, 2.75) is 57.7 Å². The molecular weight excluding hydrogens is 370 g/mol. The average Bonchev–Trinajstić information content (AvgIpc) is 3.08. The number of carbonyl (C=O) groups excluding carboxylic acids is 4. The van der Waals surface area contributed by atoms with Crippen LogP contribution in [0, 0.1) is 5.92 Å². The minimum atomic E-state index is -1.27. The Morgan fingerprint density at radius 3 is 2.29 bits per heavy atom. The summed E-state index contributed by atoms with van der Waals surface area (Å²) in [6, 6.07) is -3.19. The minimum Gasteiger partial charge on any atom is -0.480 e. The van der Waals surface area contributed by atoms with Crippen molar-refractivity contribution in [1.82, 2.24) is 15.5 Å². The number of nitrogens with one attached hydrogen (secondary N) is 2. The molecule has 11 nitrogen and oxygen atoms in total. The maximum Gasteiger partial charge on any atom is 0.326 e. The van der Waals surface area contributed by atoms with Gasteiger partial charge in [0, 0.05) is 6.54 Å². The van der Waals surface area contributed by atoms with E-state index in [1.54, 1.807) is 0 Å². The van der Waals surface area contributed by atoms with Crippen molar-refractivity contribution in [2.24, 2.45) is 17.4 Å². The van der Waals surface area contributed by atoms with Crippen LogP contribution >= 0.6 is 0 Å². The van der Waals surface area contributed by atoms with Crippen LogP contribution in [-0.4, -0.2) is 70.8 Å². The Bertz CT molecular complexity index is 623. The first-order valence-corrected chi connectivity index (χ1v) is 9.18. The topological polar surface area (TPSA) is 185 Å². The summed E-state index contributed by atoms with van der Waals surface area (Å²) in [6.45, 7) is 3.60. The smallest absolute Gasteiger partial charge is 0.326 e. The summed E-state index contributed by atoms with van der Waals surface area (Å²) in [4.78, 5) is 60.9. The van der Waals surface area contributed by atoms with Crippen LogP contribution in [0.15, 0.2) is 0 Å². The molecule has 0 aromatic rings. The molecule has 4 amide bonds. The molecule has 0 bridgehead atoms. The lowest BCUT2D eigenvalue weighted by Crippen LogP contribution is -2.57. The molecular formula is C17H29N5O6. The van der Waals surface area contributed by atoms with E-state index in [-0.39, 0.29) is 25.4 Å². The predicted octanol–water partition coefficient (Wildman–Crippen LogP) is -2.09. The summed E-state index contributed by atoms with van der Waals surface area (Å²) in [6.07, 6.45) is 0.714. The van der Waals surface area contributed by atoms with Gasteiger partial charge >= 0.3 is 5.97 Å². The molecule has 1 aliphatic heterocycles. The van der Waals surface area contributed by atoms with Crippen LogP contribution in [0.2, 0.25) is 0 Å². The second-order valence-electron chi connectivity index (χ2n) is 7.21. The third-order valence-corrected chi connectivity index (χ3v) is 4.39. The largest absolute Gasteiger partial charge is 0.480 e. The Labute approximate surface area is 163 Å². The van der Waals surface area contributed by atoms with E-state index < -0.39 is 54.1 Å². The van der Waals surface area contributed by atoms with E-state index >= 15 is 0 Å². The third kappa shape index (κ3) is 6.80. The normalized spacial score (nSPS) is 18.4. The lowest BCUT2D eigenvalue weighted by molar-refractivity contribution is -0.149. The Hall–Kier alpha value is -2.69. The van der Waals surface area contributed by atoms with Crippen LogP contribution in [0.3, 0.4) is 0 Å². The molecule has 1 saturated heterocycles. The van der Waals surface area contributed by atoms with Gasteiger partial charge < -0.3 is 32.1 Å². The first kappa shape index (κ1) is 23.3. The van der Waals surface area contributed by atoms with Crippen molar-refractivity contribution in [3.05, 3.63) is 0 Å². The van der Waals surface area contributed by atoms with Crippen LogP contribution in [-0.2, 0) is 24.0 Å². The van der Waals surface area contributed by atoms with E-state index in [2.05, 4.69) is 10.6 Å². The van der Waals surface area contributed by atoms with E-state index in [0.29, 0.717) is 12.8 Å². The zero-order chi connectivity index (χ0) is 21.4. The highest BCUT2D eigenvalue weighted by molar-refractivity contribution is 5.95. The monoisotopic (exact) mass is 399 g/mol. The van der Waals surface area contributed by atoms with Crippen LogP contribution in [0.4, 0.5) is 0 Å². The number of hydrogen-bond donors (Lipinski definition) is 5. The van der Waals surface area contributed by atoms with Crippen molar-refractivity contribution < 1.29 is 29.1 Å². The van der Waals surface area contributed by atoms with Crippen LogP contribution in [0.5, 0.6) is 0 Å². The van der Waals surface area contributed by atoms with Crippen molar-refractivity contribution in [2.75, 3.05) is 13.1 Å². The van der Waals surface area contributed by atoms with Gasteiger partial charge in [-0.3, -0.25) is 19.2 Å². The molecule has 0 aromatic carbocycles. The molecule has 3 unspecified atom stereocenters. The van der Waals surface area contributed by atoms with E-state index in [1.165, 1.54) is 4.90 Å². The fourth-order valence-electron chi connectivity index (χ4n) is 3.12. The number of primary amides is 1. The molecule has 28 heavy (non-hydrogen) atoms. The highest BCUT2D eigenvalue weighted by Crippen LogP contribution is 2.20. The fourth-order valence-corrected chi connectivity index (χ4v) is 3.12. The average molecular weight is 399 g/mol. The number of amides is 4. The number of carbonyl (C=O) groups is 5. The number of nitrogens with two attached hydrogens (primary N) is 2. The zero-order valence-corrected chi connectivity index (χ0v) is 16.1. The van der Waals surface area contributed by atoms with Gasteiger partial charge in [-0.2, -0.15) is 0 Å². The molecule has 3 atom stereocenters. The number of carboxylic acid groups (broad SMARTS) is 1. The molecule has 0 aromatic heterocycles. The minimum absolute atomic E-state index is 0.0216. The van der Waals surface area contributed by atoms with Crippen LogP contribution in [0.1, 0.15) is 39.5 Å². The first-order valence-electron chi connectivity index (χ1n) is 9.18. The summed E-state index contributed by atoms with van der Waals surface area (Å²) >= 11 is 0. The van der Waals surface area contributed by atoms with Gasteiger partial charge in [-0.15, -0.1) is 0 Å². The summed E-state index contributed by atoms with van der Waals surface area (Å²) < 4.78 is 0. The van der Waals surface area contributed by atoms with Gasteiger partial charge in [0.2, 0.25) is 23.6 Å². The van der Waals surface area contributed by atoms with Crippen LogP contribution < -0.4 is 22.1 Å². The number of rotatable bonds is 10. The molecule has 1 fully saturated rings. The molecule has 0 spiro atoms. The number of likely N-dealkylation sites (tertiary alicyclic amines) is 1. The Morgan fingerprint density at radius 2 is 1.79 bits per heavy atom. The van der Waals surface area contributed by atoms with Crippen molar-refractivity contribution in [1.29, 1.82) is 0 Å². The van der Waals surface area contributed by atoms with E-state index in [0.717, 1.165) is 0 Å². The summed E-state index contributed by atoms with van der Waals surface area (Å²) in [7, 11) is 0. The van der Waals surface area contributed by atoms with Crippen molar-refractivity contribution in [3.8, 4) is 0 Å². The summed E-state index contributed by atoms with van der Waals surface area (Å²) in [5.74, 6) is -3.80. The van der Waals surface area contributed by atoms with E-state index in [1.807, 2.05) is 13.8 Å². The Morgan fingerprint density at radius 1 is 1.14 bits per heavy atom. The molecule has 0 saturated carbocycles. The lowest BCUT2D eigenvalue weighted by Gasteiger charge is -2.29. The molecule has 1 rings (SSSR count). The summed E-state index contributed by atoms with van der Waals surface area (Å²) in [5, 5.41) is 14.1. The summed E-state index contributed by atoms with van der Waals surface area (Å²) in [5.41, 5.74) is 10.3. The molecule has 158 valence electrons. The van der Waals surface area contributed by atoms with Gasteiger partial charge in [0.15, 0.2) is 0 Å². The number of aliphatic carboxylic acids is 1. The third-order valence-electron chi connectivity index (χ3n) is 4.39. The van der Waals surface area contributed by atoms with Gasteiger partial charge in [0.25, 0.3) is 0 Å². The number of nitrogens with zero attached hydrogens (tertiary/aromatic N) is 1.